The number of halogens is 1. The predicted molar refractivity (Wildman–Crippen MR) is 133 cm³/mol. The van der Waals surface area contributed by atoms with E-state index < -0.39 is 0 Å². The van der Waals surface area contributed by atoms with E-state index in [1.807, 2.05) is 48.5 Å². The van der Waals surface area contributed by atoms with Crippen molar-refractivity contribution in [3.8, 4) is 11.5 Å². The maximum absolute atomic E-state index is 13.6. The standard InChI is InChI=1S/C28H26ClNO4/c1-33-24-14-12-19(18-25(24)34-2)16-17-30-26(31)15-13-22(27(30)20-8-4-3-5-9-20)28(32)21-10-6-7-11-23(21)29/h3-12,14,18H,13,15-17H2,1-2H3. The number of rotatable bonds is 8. The van der Waals surface area contributed by atoms with E-state index >= 15 is 0 Å². The molecule has 0 aromatic heterocycles. The van der Waals surface area contributed by atoms with Crippen LogP contribution in [0.15, 0.2) is 78.4 Å². The molecule has 1 aliphatic heterocycles. The molecule has 1 heterocycles. The number of ketones is 1. The monoisotopic (exact) mass is 475 g/mol. The van der Waals surface area contributed by atoms with Gasteiger partial charge in [0.1, 0.15) is 0 Å². The molecule has 34 heavy (non-hydrogen) atoms. The summed E-state index contributed by atoms with van der Waals surface area (Å²) in [4.78, 5) is 28.4. The summed E-state index contributed by atoms with van der Waals surface area (Å²) in [5.41, 5.74) is 3.54. The molecule has 4 rings (SSSR count). The molecule has 5 nitrogen and oxygen atoms in total. The van der Waals surface area contributed by atoms with E-state index in [1.54, 1.807) is 43.4 Å². The van der Waals surface area contributed by atoms with E-state index in [2.05, 4.69) is 0 Å². The van der Waals surface area contributed by atoms with Gasteiger partial charge in [0.05, 0.1) is 24.9 Å². The summed E-state index contributed by atoms with van der Waals surface area (Å²) in [6, 6.07) is 22.3. The first-order valence-corrected chi connectivity index (χ1v) is 11.5. The van der Waals surface area contributed by atoms with E-state index in [-0.39, 0.29) is 18.1 Å². The topological polar surface area (TPSA) is 55.8 Å². The zero-order chi connectivity index (χ0) is 24.1. The Hall–Kier alpha value is -3.57. The van der Waals surface area contributed by atoms with Gasteiger partial charge < -0.3 is 14.4 Å². The first-order chi connectivity index (χ1) is 16.5. The minimum Gasteiger partial charge on any atom is -0.493 e. The van der Waals surface area contributed by atoms with Crippen LogP contribution in [0.3, 0.4) is 0 Å². The first kappa shape index (κ1) is 23.6. The number of hydrogen-bond donors (Lipinski definition) is 0. The molecule has 1 amide bonds. The first-order valence-electron chi connectivity index (χ1n) is 11.1. The molecule has 0 radical (unpaired) electrons. The van der Waals surface area contributed by atoms with Gasteiger partial charge >= 0.3 is 0 Å². The number of benzene rings is 3. The maximum Gasteiger partial charge on any atom is 0.227 e. The minimum atomic E-state index is -0.145. The molecule has 6 heteroatoms. The van der Waals surface area contributed by atoms with Crippen molar-refractivity contribution in [1.82, 2.24) is 4.90 Å². The lowest BCUT2D eigenvalue weighted by atomic mass is 9.90. The molecule has 0 N–H and O–H groups in total. The highest BCUT2D eigenvalue weighted by atomic mass is 35.5. The summed E-state index contributed by atoms with van der Waals surface area (Å²) < 4.78 is 10.7. The molecular formula is C28H26ClNO4. The maximum atomic E-state index is 13.6. The quantitative estimate of drug-likeness (QED) is 0.385. The third kappa shape index (κ3) is 4.85. The molecule has 174 valence electrons. The molecule has 0 fully saturated rings. The van der Waals surface area contributed by atoms with Crippen molar-refractivity contribution >= 4 is 29.0 Å². The van der Waals surface area contributed by atoms with Gasteiger partial charge in [-0.1, -0.05) is 60.1 Å². The van der Waals surface area contributed by atoms with Crippen LogP contribution in [0.4, 0.5) is 0 Å². The molecule has 0 saturated carbocycles. The molecule has 0 bridgehead atoms. The van der Waals surface area contributed by atoms with Gasteiger partial charge in [-0.3, -0.25) is 9.59 Å². The van der Waals surface area contributed by atoms with Gasteiger partial charge in [0, 0.05) is 24.1 Å². The third-order valence-electron chi connectivity index (χ3n) is 5.96. The molecule has 0 unspecified atom stereocenters. The lowest BCUT2D eigenvalue weighted by Gasteiger charge is -2.32. The SMILES string of the molecule is COc1ccc(CCN2C(=O)CCC(C(=O)c3ccccc3Cl)=C2c2ccccc2)cc1OC. The number of allylic oxidation sites excluding steroid dienone is 1. The van der Waals surface area contributed by atoms with Crippen molar-refractivity contribution in [2.45, 2.75) is 19.3 Å². The lowest BCUT2D eigenvalue weighted by molar-refractivity contribution is -0.128. The van der Waals surface area contributed by atoms with Crippen LogP contribution in [0, 0.1) is 0 Å². The molecule has 3 aromatic carbocycles. The predicted octanol–water partition coefficient (Wildman–Crippen LogP) is 5.82. The van der Waals surface area contributed by atoms with Crippen molar-refractivity contribution in [2.75, 3.05) is 20.8 Å². The molecule has 0 aliphatic carbocycles. The summed E-state index contributed by atoms with van der Waals surface area (Å²) in [6.45, 7) is 0.428. The van der Waals surface area contributed by atoms with E-state index in [1.165, 1.54) is 0 Å². The zero-order valence-corrected chi connectivity index (χ0v) is 20.0. The van der Waals surface area contributed by atoms with Crippen molar-refractivity contribution in [2.24, 2.45) is 0 Å². The Morgan fingerprint density at radius 1 is 0.912 bits per heavy atom. The van der Waals surface area contributed by atoms with Crippen LogP contribution in [0.2, 0.25) is 5.02 Å². The van der Waals surface area contributed by atoms with Gasteiger partial charge in [-0.15, -0.1) is 0 Å². The smallest absolute Gasteiger partial charge is 0.227 e. The van der Waals surface area contributed by atoms with E-state index in [0.29, 0.717) is 52.7 Å². The molecule has 0 spiro atoms. The molecule has 3 aromatic rings. The van der Waals surface area contributed by atoms with Crippen LogP contribution in [-0.4, -0.2) is 37.4 Å². The highest BCUT2D eigenvalue weighted by Crippen LogP contribution is 2.35. The fourth-order valence-electron chi connectivity index (χ4n) is 4.24. The van der Waals surface area contributed by atoms with E-state index in [0.717, 1.165) is 11.1 Å². The number of carbonyl (C=O) groups excluding carboxylic acids is 2. The fourth-order valence-corrected chi connectivity index (χ4v) is 4.46. The summed E-state index contributed by atoms with van der Waals surface area (Å²) in [5.74, 6) is 1.14. The highest BCUT2D eigenvalue weighted by molar-refractivity contribution is 6.35. The van der Waals surface area contributed by atoms with Gasteiger partial charge in [-0.25, -0.2) is 0 Å². The van der Waals surface area contributed by atoms with E-state index in [4.69, 9.17) is 21.1 Å². The average Bonchev–Trinajstić information content (AvgIpc) is 2.88. The summed E-state index contributed by atoms with van der Waals surface area (Å²) >= 11 is 6.35. The Morgan fingerprint density at radius 3 is 2.32 bits per heavy atom. The molecule has 1 aliphatic rings. The third-order valence-corrected chi connectivity index (χ3v) is 6.29. The van der Waals surface area contributed by atoms with Gasteiger partial charge in [-0.2, -0.15) is 0 Å². The van der Waals surface area contributed by atoms with Gasteiger partial charge in [0.15, 0.2) is 17.3 Å². The average molecular weight is 476 g/mol. The summed E-state index contributed by atoms with van der Waals surface area (Å²) in [6.07, 6.45) is 1.24. The Balaban J connectivity index is 1.73. The number of methoxy groups -OCH3 is 2. The summed E-state index contributed by atoms with van der Waals surface area (Å²) in [5, 5.41) is 0.404. The molecular weight excluding hydrogens is 450 g/mol. The van der Waals surface area contributed by atoms with E-state index in [9.17, 15) is 9.59 Å². The summed E-state index contributed by atoms with van der Waals surface area (Å²) in [7, 11) is 3.19. The second-order valence-electron chi connectivity index (χ2n) is 7.99. The second-order valence-corrected chi connectivity index (χ2v) is 8.39. The Kier molecular flexibility index (Phi) is 7.33. The normalized spacial score (nSPS) is 13.7. The largest absolute Gasteiger partial charge is 0.493 e. The van der Waals surface area contributed by atoms with Crippen molar-refractivity contribution in [3.05, 3.63) is 100 Å². The molecule has 0 saturated heterocycles. The second kappa shape index (κ2) is 10.6. The van der Waals surface area contributed by atoms with Gasteiger partial charge in [0.2, 0.25) is 5.91 Å². The number of Topliss-reactive ketones (excluding diaryl/α,β-unsaturated/α-hetero) is 1. The number of hydrogen-bond acceptors (Lipinski definition) is 4. The number of carbonyl (C=O) groups is 2. The van der Waals surface area contributed by atoms with Crippen molar-refractivity contribution in [3.63, 3.8) is 0 Å². The van der Waals surface area contributed by atoms with Crippen LogP contribution < -0.4 is 9.47 Å². The van der Waals surface area contributed by atoms with Crippen LogP contribution in [0.5, 0.6) is 11.5 Å². The van der Waals surface area contributed by atoms with Crippen molar-refractivity contribution in [1.29, 1.82) is 0 Å². The number of amides is 1. The van der Waals surface area contributed by atoms with Crippen LogP contribution >= 0.6 is 11.6 Å². The Morgan fingerprint density at radius 2 is 1.62 bits per heavy atom. The fraction of sp³-hybridized carbons (Fsp3) is 0.214. The van der Waals surface area contributed by atoms with Gasteiger partial charge in [-0.05, 0) is 48.2 Å². The molecule has 0 atom stereocenters. The van der Waals surface area contributed by atoms with Crippen LogP contribution in [-0.2, 0) is 11.2 Å². The van der Waals surface area contributed by atoms with Gasteiger partial charge in [0.25, 0.3) is 0 Å². The lowest BCUT2D eigenvalue weighted by Crippen LogP contribution is -2.36. The number of nitrogens with zero attached hydrogens (tertiary/aromatic N) is 1. The highest BCUT2D eigenvalue weighted by Gasteiger charge is 2.31. The number of ether oxygens (including phenoxy) is 2. The Labute approximate surface area is 204 Å². The Bertz CT molecular complexity index is 1240. The van der Waals surface area contributed by atoms with Crippen LogP contribution in [0.25, 0.3) is 5.70 Å². The zero-order valence-electron chi connectivity index (χ0n) is 19.2. The van der Waals surface area contributed by atoms with Crippen LogP contribution in [0.1, 0.15) is 34.3 Å². The minimum absolute atomic E-state index is 0.00459. The van der Waals surface area contributed by atoms with Crippen molar-refractivity contribution < 1.29 is 19.1 Å².